The number of carbonyl (C=O) groups is 2. The Morgan fingerprint density at radius 2 is 1.80 bits per heavy atom. The molecule has 2 amide bonds. The summed E-state index contributed by atoms with van der Waals surface area (Å²) in [5, 5.41) is 2.82. The number of hydrogen-bond acceptors (Lipinski definition) is 2. The van der Waals surface area contributed by atoms with Gasteiger partial charge in [0, 0.05) is 11.3 Å². The highest BCUT2D eigenvalue weighted by atomic mass is 16.2. The van der Waals surface area contributed by atoms with Gasteiger partial charge in [-0.1, -0.05) is 24.3 Å². The van der Waals surface area contributed by atoms with Crippen LogP contribution in [-0.2, 0) is 17.6 Å². The van der Waals surface area contributed by atoms with Crippen LogP contribution in [0.1, 0.15) is 27.0 Å². The van der Waals surface area contributed by atoms with Crippen LogP contribution in [0, 0.1) is 0 Å². The van der Waals surface area contributed by atoms with Crippen LogP contribution in [0.15, 0.2) is 42.5 Å². The molecule has 0 unspecified atom stereocenters. The van der Waals surface area contributed by atoms with Gasteiger partial charge in [-0.25, -0.2) is 0 Å². The van der Waals surface area contributed by atoms with Crippen LogP contribution in [0.2, 0.25) is 0 Å². The zero-order valence-corrected chi connectivity index (χ0v) is 10.8. The molecular weight excluding hydrogens is 252 g/mol. The molecule has 0 aromatic heterocycles. The van der Waals surface area contributed by atoms with Crippen LogP contribution >= 0.6 is 0 Å². The Labute approximate surface area is 116 Å². The third-order valence-electron chi connectivity index (χ3n) is 3.44. The van der Waals surface area contributed by atoms with Crippen molar-refractivity contribution in [1.29, 1.82) is 0 Å². The lowest BCUT2D eigenvalue weighted by Crippen LogP contribution is -2.10. The Bertz CT molecular complexity index is 690. The summed E-state index contributed by atoms with van der Waals surface area (Å²) in [5.74, 6) is -0.373. The first-order valence-corrected chi connectivity index (χ1v) is 6.42. The maximum atomic E-state index is 11.3. The van der Waals surface area contributed by atoms with Crippen molar-refractivity contribution in [2.75, 3.05) is 5.32 Å². The van der Waals surface area contributed by atoms with Crippen LogP contribution in [-0.4, -0.2) is 11.8 Å². The Hall–Kier alpha value is -2.62. The SMILES string of the molecule is NC(=O)c1ccc(Cc2ccc3c(c2)CC(=O)N3)cc1. The quantitative estimate of drug-likeness (QED) is 0.890. The number of fused-ring (bicyclic) bond motifs is 1. The predicted molar refractivity (Wildman–Crippen MR) is 76.5 cm³/mol. The molecule has 2 aromatic rings. The van der Waals surface area contributed by atoms with Gasteiger partial charge >= 0.3 is 0 Å². The summed E-state index contributed by atoms with van der Waals surface area (Å²) in [5.41, 5.74) is 9.92. The lowest BCUT2D eigenvalue weighted by molar-refractivity contribution is -0.115. The summed E-state index contributed by atoms with van der Waals surface area (Å²) in [7, 11) is 0. The van der Waals surface area contributed by atoms with Crippen LogP contribution in [0.25, 0.3) is 0 Å². The summed E-state index contributed by atoms with van der Waals surface area (Å²) in [6.45, 7) is 0. The molecule has 4 nitrogen and oxygen atoms in total. The van der Waals surface area contributed by atoms with E-state index in [2.05, 4.69) is 11.4 Å². The number of rotatable bonds is 3. The summed E-state index contributed by atoms with van der Waals surface area (Å²) < 4.78 is 0. The van der Waals surface area contributed by atoms with Gasteiger partial charge in [0.15, 0.2) is 0 Å². The fourth-order valence-electron chi connectivity index (χ4n) is 2.42. The van der Waals surface area contributed by atoms with Crippen molar-refractivity contribution in [2.45, 2.75) is 12.8 Å². The molecule has 0 spiro atoms. The van der Waals surface area contributed by atoms with Crippen LogP contribution < -0.4 is 11.1 Å². The van der Waals surface area contributed by atoms with Gasteiger partial charge in [0.2, 0.25) is 11.8 Å². The number of amides is 2. The first kappa shape index (κ1) is 12.4. The van der Waals surface area contributed by atoms with Crippen molar-refractivity contribution in [2.24, 2.45) is 5.73 Å². The van der Waals surface area contributed by atoms with Crippen molar-refractivity contribution in [3.8, 4) is 0 Å². The summed E-state index contributed by atoms with van der Waals surface area (Å²) in [6, 6.07) is 13.3. The second-order valence-electron chi connectivity index (χ2n) is 4.95. The average molecular weight is 266 g/mol. The van der Waals surface area contributed by atoms with E-state index in [1.807, 2.05) is 24.3 Å². The second-order valence-corrected chi connectivity index (χ2v) is 4.95. The molecular formula is C16H14N2O2. The molecule has 0 aliphatic carbocycles. The number of primary amides is 1. The van der Waals surface area contributed by atoms with Crippen LogP contribution in [0.4, 0.5) is 5.69 Å². The van der Waals surface area contributed by atoms with Crippen LogP contribution in [0.3, 0.4) is 0 Å². The van der Waals surface area contributed by atoms with Crippen molar-refractivity contribution in [1.82, 2.24) is 0 Å². The molecule has 1 heterocycles. The molecule has 1 aliphatic heterocycles. The zero-order valence-electron chi connectivity index (χ0n) is 10.8. The number of nitrogens with one attached hydrogen (secondary N) is 1. The summed E-state index contributed by atoms with van der Waals surface area (Å²) in [6.07, 6.45) is 1.21. The third-order valence-corrected chi connectivity index (χ3v) is 3.44. The first-order valence-electron chi connectivity index (χ1n) is 6.42. The second kappa shape index (κ2) is 4.81. The van der Waals surface area contributed by atoms with E-state index in [1.54, 1.807) is 12.1 Å². The Morgan fingerprint density at radius 3 is 2.50 bits per heavy atom. The monoisotopic (exact) mass is 266 g/mol. The topological polar surface area (TPSA) is 72.2 Å². The van der Waals surface area contributed by atoms with Gasteiger partial charge in [0.1, 0.15) is 0 Å². The van der Waals surface area contributed by atoms with Crippen molar-refractivity contribution in [3.63, 3.8) is 0 Å². The molecule has 0 bridgehead atoms. The van der Waals surface area contributed by atoms with E-state index >= 15 is 0 Å². The smallest absolute Gasteiger partial charge is 0.248 e. The number of nitrogens with two attached hydrogens (primary N) is 1. The van der Waals surface area contributed by atoms with Gasteiger partial charge in [0.05, 0.1) is 6.42 Å². The van der Waals surface area contributed by atoms with E-state index in [0.29, 0.717) is 12.0 Å². The minimum Gasteiger partial charge on any atom is -0.366 e. The predicted octanol–water partition coefficient (Wildman–Crippen LogP) is 1.87. The molecule has 4 heteroatoms. The number of benzene rings is 2. The molecule has 3 rings (SSSR count). The summed E-state index contributed by atoms with van der Waals surface area (Å²) in [4.78, 5) is 22.3. The van der Waals surface area contributed by atoms with Gasteiger partial charge in [-0.05, 0) is 41.3 Å². The largest absolute Gasteiger partial charge is 0.366 e. The molecule has 0 saturated carbocycles. The van der Waals surface area contributed by atoms with E-state index in [-0.39, 0.29) is 5.91 Å². The van der Waals surface area contributed by atoms with E-state index in [9.17, 15) is 9.59 Å². The van der Waals surface area contributed by atoms with E-state index < -0.39 is 5.91 Å². The van der Waals surface area contributed by atoms with Gasteiger partial charge in [-0.2, -0.15) is 0 Å². The highest BCUT2D eigenvalue weighted by molar-refractivity contribution is 5.99. The molecule has 100 valence electrons. The van der Waals surface area contributed by atoms with Gasteiger partial charge < -0.3 is 11.1 Å². The standard InChI is InChI=1S/C16H14N2O2/c17-16(20)12-4-1-10(2-5-12)7-11-3-6-14-13(8-11)9-15(19)18-14/h1-6,8H,7,9H2,(H2,17,20)(H,18,19). The molecule has 3 N–H and O–H groups in total. The molecule has 20 heavy (non-hydrogen) atoms. The molecule has 1 aliphatic rings. The molecule has 0 atom stereocenters. The summed E-state index contributed by atoms with van der Waals surface area (Å²) >= 11 is 0. The van der Waals surface area contributed by atoms with E-state index in [1.165, 1.54) is 0 Å². The van der Waals surface area contributed by atoms with E-state index in [4.69, 9.17) is 5.73 Å². The highest BCUT2D eigenvalue weighted by Crippen LogP contribution is 2.24. The minimum atomic E-state index is -0.418. The maximum absolute atomic E-state index is 11.3. The van der Waals surface area contributed by atoms with Crippen molar-refractivity contribution >= 4 is 17.5 Å². The van der Waals surface area contributed by atoms with Crippen molar-refractivity contribution in [3.05, 3.63) is 64.7 Å². The van der Waals surface area contributed by atoms with Gasteiger partial charge in [-0.15, -0.1) is 0 Å². The van der Waals surface area contributed by atoms with Crippen LogP contribution in [0.5, 0.6) is 0 Å². The Balaban J connectivity index is 1.80. The fraction of sp³-hybridized carbons (Fsp3) is 0.125. The van der Waals surface area contributed by atoms with E-state index in [0.717, 1.165) is 28.8 Å². The molecule has 0 fully saturated rings. The number of hydrogen-bond donors (Lipinski definition) is 2. The highest BCUT2D eigenvalue weighted by Gasteiger charge is 2.17. The fourth-order valence-corrected chi connectivity index (χ4v) is 2.42. The minimum absolute atomic E-state index is 0.0444. The Morgan fingerprint density at radius 1 is 1.10 bits per heavy atom. The molecule has 2 aromatic carbocycles. The number of anilines is 1. The average Bonchev–Trinajstić information content (AvgIpc) is 2.78. The normalized spacial score (nSPS) is 12.9. The Kier molecular flexibility index (Phi) is 2.99. The molecule has 0 radical (unpaired) electrons. The lowest BCUT2D eigenvalue weighted by Gasteiger charge is -2.05. The maximum Gasteiger partial charge on any atom is 0.248 e. The lowest BCUT2D eigenvalue weighted by atomic mass is 10.0. The van der Waals surface area contributed by atoms with Crippen molar-refractivity contribution < 1.29 is 9.59 Å². The van der Waals surface area contributed by atoms with Gasteiger partial charge in [-0.3, -0.25) is 9.59 Å². The first-order chi connectivity index (χ1) is 9.61. The molecule has 0 saturated heterocycles. The zero-order chi connectivity index (χ0) is 14.1. The third kappa shape index (κ3) is 2.40. The van der Waals surface area contributed by atoms with Gasteiger partial charge in [0.25, 0.3) is 0 Å². The number of carbonyl (C=O) groups excluding carboxylic acids is 2.